The van der Waals surface area contributed by atoms with Crippen LogP contribution in [0.2, 0.25) is 0 Å². The van der Waals surface area contributed by atoms with E-state index in [-0.39, 0.29) is 5.41 Å². The Kier molecular flexibility index (Phi) is 4.41. The summed E-state index contributed by atoms with van der Waals surface area (Å²) in [6.07, 6.45) is 0. The topological polar surface area (TPSA) is 53.2 Å². The van der Waals surface area contributed by atoms with Gasteiger partial charge in [0.2, 0.25) is 0 Å². The van der Waals surface area contributed by atoms with E-state index in [4.69, 9.17) is 4.74 Å². The van der Waals surface area contributed by atoms with Crippen molar-refractivity contribution in [1.82, 2.24) is 0 Å². The number of nitrogens with zero attached hydrogens (tertiary/aromatic N) is 1. The number of benzene rings is 1. The van der Waals surface area contributed by atoms with Crippen molar-refractivity contribution in [1.29, 1.82) is 5.26 Å². The van der Waals surface area contributed by atoms with Crippen molar-refractivity contribution in [2.75, 3.05) is 0 Å². The third-order valence-corrected chi connectivity index (χ3v) is 3.80. The molecule has 1 rings (SSSR count). The van der Waals surface area contributed by atoms with Crippen LogP contribution in [0.3, 0.4) is 0 Å². The monoisotopic (exact) mass is 267 g/mol. The van der Waals surface area contributed by atoms with Crippen LogP contribution in [-0.4, -0.2) is 47.3 Å². The highest BCUT2D eigenvalue weighted by molar-refractivity contribution is 6.53. The molecule has 1 N–H and O–H groups in total. The van der Waals surface area contributed by atoms with E-state index in [9.17, 15) is 10.4 Å². The predicted octanol–water partition coefficient (Wildman–Crippen LogP) is -1.93. The van der Waals surface area contributed by atoms with Crippen LogP contribution in [0.5, 0.6) is 5.75 Å². The summed E-state index contributed by atoms with van der Waals surface area (Å²) in [5, 5.41) is 17.7. The van der Waals surface area contributed by atoms with Gasteiger partial charge in [0.05, 0.1) is 11.0 Å². The zero-order valence-electron chi connectivity index (χ0n) is 13.5. The molecular weight excluding hydrogens is 245 g/mol. The number of nitriles is 1. The van der Waals surface area contributed by atoms with Crippen LogP contribution >= 0.6 is 0 Å². The second-order valence-electron chi connectivity index (χ2n) is 7.24. The lowest BCUT2D eigenvalue weighted by molar-refractivity contribution is 0.0811. The van der Waals surface area contributed by atoms with Crippen LogP contribution in [0.1, 0.15) is 31.9 Å². The van der Waals surface area contributed by atoms with E-state index >= 15 is 0 Å². The zero-order chi connectivity index (χ0) is 15.8. The number of ether oxygens (including phenoxy) is 1. The van der Waals surface area contributed by atoms with Gasteiger partial charge in [0.15, 0.2) is 0 Å². The quantitative estimate of drug-likeness (QED) is 0.648. The number of aliphatic hydroxyl groups is 1. The Bertz CT molecular complexity index is 539. The first kappa shape index (κ1) is 16.8. The van der Waals surface area contributed by atoms with Crippen LogP contribution in [0.25, 0.3) is 0 Å². The van der Waals surface area contributed by atoms with Crippen molar-refractivity contribution in [3.05, 3.63) is 29.3 Å². The summed E-state index contributed by atoms with van der Waals surface area (Å²) in [6.45, 7) is 6.31. The SMILES string of the molecule is BC(B)(O)C(B)(B)Oc1ccc(C(C)(C)C)cc1C#N. The Morgan fingerprint density at radius 3 is 2.10 bits per heavy atom. The first-order valence-corrected chi connectivity index (χ1v) is 6.84. The van der Waals surface area contributed by atoms with Crippen molar-refractivity contribution in [3.63, 3.8) is 0 Å². The van der Waals surface area contributed by atoms with Gasteiger partial charge in [-0.05, 0) is 23.1 Å². The van der Waals surface area contributed by atoms with Gasteiger partial charge in [0.1, 0.15) is 43.2 Å². The molecule has 1 aromatic rings. The standard InChI is InChI=1S/C13H21B4NO2/c1-11(2,3)9-4-5-10(8(6-9)7-18)20-13(16,17)12(14,15)19/h4-6,19H,14-17H2,1-3H3. The lowest BCUT2D eigenvalue weighted by Gasteiger charge is -2.39. The van der Waals surface area contributed by atoms with Gasteiger partial charge in [0, 0.05) is 5.40 Å². The molecule has 0 amide bonds. The Morgan fingerprint density at radius 2 is 1.70 bits per heavy atom. The van der Waals surface area contributed by atoms with Crippen molar-refractivity contribution in [2.24, 2.45) is 0 Å². The molecule has 1 aromatic carbocycles. The van der Waals surface area contributed by atoms with Crippen LogP contribution in [0, 0.1) is 11.3 Å². The van der Waals surface area contributed by atoms with Gasteiger partial charge in [-0.3, -0.25) is 0 Å². The number of rotatable bonds is 3. The fraction of sp³-hybridized carbons (Fsp3) is 0.462. The molecular formula is C13H21B4NO2. The van der Waals surface area contributed by atoms with Gasteiger partial charge in [-0.2, -0.15) is 5.26 Å². The molecule has 0 heterocycles. The fourth-order valence-electron chi connectivity index (χ4n) is 1.57. The molecule has 0 spiro atoms. The van der Waals surface area contributed by atoms with E-state index in [1.807, 2.05) is 33.9 Å². The number of hydrogen-bond acceptors (Lipinski definition) is 3. The van der Waals surface area contributed by atoms with E-state index < -0.39 is 10.8 Å². The summed E-state index contributed by atoms with van der Waals surface area (Å²) < 4.78 is 5.88. The fourth-order valence-corrected chi connectivity index (χ4v) is 1.57. The average Bonchev–Trinajstić information content (AvgIpc) is 2.26. The van der Waals surface area contributed by atoms with Crippen molar-refractivity contribution >= 4 is 31.4 Å². The Morgan fingerprint density at radius 1 is 1.15 bits per heavy atom. The molecule has 0 bridgehead atoms. The molecule has 0 saturated heterocycles. The zero-order valence-corrected chi connectivity index (χ0v) is 13.5. The van der Waals surface area contributed by atoms with Crippen molar-refractivity contribution in [2.45, 2.75) is 37.0 Å². The van der Waals surface area contributed by atoms with E-state index in [2.05, 4.69) is 26.8 Å². The normalized spacial score (nSPS) is 12.8. The summed E-state index contributed by atoms with van der Waals surface area (Å²) in [5.74, 6) is 0.507. The third kappa shape index (κ3) is 3.64. The van der Waals surface area contributed by atoms with Crippen molar-refractivity contribution < 1.29 is 9.84 Å². The molecule has 3 nitrogen and oxygen atoms in total. The average molecular weight is 267 g/mol. The van der Waals surface area contributed by atoms with Gasteiger partial charge in [0.25, 0.3) is 0 Å². The second-order valence-corrected chi connectivity index (χ2v) is 7.24. The Hall–Kier alpha value is -1.27. The molecule has 0 unspecified atom stereocenters. The summed E-state index contributed by atoms with van der Waals surface area (Å²) in [6, 6.07) is 7.81. The smallest absolute Gasteiger partial charge is 0.148 e. The minimum atomic E-state index is -1.01. The lowest BCUT2D eigenvalue weighted by Crippen LogP contribution is -2.60. The highest BCUT2D eigenvalue weighted by Gasteiger charge is 2.37. The van der Waals surface area contributed by atoms with Crippen LogP contribution in [0.4, 0.5) is 0 Å². The summed E-state index contributed by atoms with van der Waals surface area (Å²) in [4.78, 5) is 0. The van der Waals surface area contributed by atoms with Gasteiger partial charge >= 0.3 is 0 Å². The molecule has 0 radical (unpaired) electrons. The maximum absolute atomic E-state index is 10.1. The molecule has 0 saturated carbocycles. The molecule has 0 aliphatic heterocycles. The van der Waals surface area contributed by atoms with E-state index in [1.54, 1.807) is 15.7 Å². The molecule has 0 aromatic heterocycles. The molecule has 0 atom stereocenters. The maximum atomic E-state index is 10.1. The first-order valence-electron chi connectivity index (χ1n) is 6.84. The maximum Gasteiger partial charge on any atom is 0.148 e. The number of hydrogen-bond donors (Lipinski definition) is 1. The molecule has 102 valence electrons. The van der Waals surface area contributed by atoms with E-state index in [1.165, 1.54) is 0 Å². The minimum absolute atomic E-state index is 0.0180. The summed E-state index contributed by atoms with van der Waals surface area (Å²) in [7, 11) is 7.02. The second kappa shape index (κ2) is 5.25. The summed E-state index contributed by atoms with van der Waals surface area (Å²) in [5.41, 5.74) is 1.56. The van der Waals surface area contributed by atoms with Gasteiger partial charge < -0.3 is 9.84 Å². The van der Waals surface area contributed by atoms with Crippen LogP contribution in [0.15, 0.2) is 18.2 Å². The van der Waals surface area contributed by atoms with Crippen LogP contribution in [-0.2, 0) is 5.41 Å². The van der Waals surface area contributed by atoms with Gasteiger partial charge in [-0.1, -0.05) is 26.8 Å². The molecule has 0 aliphatic carbocycles. The third-order valence-electron chi connectivity index (χ3n) is 3.80. The Labute approximate surface area is 125 Å². The van der Waals surface area contributed by atoms with E-state index in [0.717, 1.165) is 5.56 Å². The van der Waals surface area contributed by atoms with E-state index in [0.29, 0.717) is 11.3 Å². The Balaban J connectivity index is 3.20. The highest BCUT2D eigenvalue weighted by Crippen LogP contribution is 2.30. The highest BCUT2D eigenvalue weighted by atomic mass is 16.5. The molecule has 0 aliphatic rings. The first-order chi connectivity index (χ1) is 8.88. The molecule has 0 fully saturated rings. The van der Waals surface area contributed by atoms with Gasteiger partial charge in [-0.25, -0.2) is 0 Å². The lowest BCUT2D eigenvalue weighted by atomic mass is 9.42. The van der Waals surface area contributed by atoms with Crippen molar-refractivity contribution in [3.8, 4) is 11.8 Å². The largest absolute Gasteiger partial charge is 0.503 e. The van der Waals surface area contributed by atoms with Crippen LogP contribution < -0.4 is 4.74 Å². The summed E-state index contributed by atoms with van der Waals surface area (Å²) >= 11 is 0. The predicted molar refractivity (Wildman–Crippen MR) is 92.3 cm³/mol. The molecule has 7 heteroatoms. The van der Waals surface area contributed by atoms with Gasteiger partial charge in [-0.15, -0.1) is 0 Å². The minimum Gasteiger partial charge on any atom is -0.503 e. The molecule has 20 heavy (non-hydrogen) atoms.